The van der Waals surface area contributed by atoms with Crippen molar-refractivity contribution >= 4 is 5.91 Å². The standard InChI is InChI=1S/C13H21N3O/c1-2-4-11(9-14)13(17)16-8-7-15-6-3-5-12(15)10-16/h11-12H,2-8,10H2,1H3. The summed E-state index contributed by atoms with van der Waals surface area (Å²) in [6.45, 7) is 5.83. The molecule has 2 aliphatic rings. The van der Waals surface area contributed by atoms with Gasteiger partial charge in [-0.15, -0.1) is 0 Å². The highest BCUT2D eigenvalue weighted by atomic mass is 16.2. The molecule has 2 rings (SSSR count). The quantitative estimate of drug-likeness (QED) is 0.739. The number of nitrogens with zero attached hydrogens (tertiary/aromatic N) is 3. The number of carbonyl (C=O) groups is 1. The van der Waals surface area contributed by atoms with Gasteiger partial charge in [-0.05, 0) is 25.8 Å². The number of amides is 1. The van der Waals surface area contributed by atoms with Gasteiger partial charge in [-0.2, -0.15) is 5.26 Å². The zero-order valence-electron chi connectivity index (χ0n) is 10.6. The van der Waals surface area contributed by atoms with Crippen molar-refractivity contribution in [3.8, 4) is 6.07 Å². The molecular weight excluding hydrogens is 214 g/mol. The molecule has 0 aromatic heterocycles. The van der Waals surface area contributed by atoms with Crippen LogP contribution in [0.15, 0.2) is 0 Å². The topological polar surface area (TPSA) is 47.3 Å². The molecule has 2 unspecified atom stereocenters. The van der Waals surface area contributed by atoms with E-state index in [0.29, 0.717) is 12.5 Å². The fourth-order valence-corrected chi connectivity index (χ4v) is 2.94. The van der Waals surface area contributed by atoms with Crippen LogP contribution in [0.4, 0.5) is 0 Å². The van der Waals surface area contributed by atoms with E-state index in [2.05, 4.69) is 11.0 Å². The molecule has 0 aromatic carbocycles. The van der Waals surface area contributed by atoms with E-state index in [9.17, 15) is 4.79 Å². The lowest BCUT2D eigenvalue weighted by Crippen LogP contribution is -2.53. The van der Waals surface area contributed by atoms with Gasteiger partial charge in [0.15, 0.2) is 0 Å². The van der Waals surface area contributed by atoms with Gasteiger partial charge < -0.3 is 4.90 Å². The number of hydrogen-bond donors (Lipinski definition) is 0. The average Bonchev–Trinajstić information content (AvgIpc) is 2.82. The smallest absolute Gasteiger partial charge is 0.240 e. The minimum atomic E-state index is -0.423. The van der Waals surface area contributed by atoms with Crippen molar-refractivity contribution in [2.24, 2.45) is 5.92 Å². The van der Waals surface area contributed by atoms with Crippen LogP contribution >= 0.6 is 0 Å². The first-order valence-corrected chi connectivity index (χ1v) is 6.68. The van der Waals surface area contributed by atoms with Crippen LogP contribution in [-0.4, -0.2) is 47.9 Å². The van der Waals surface area contributed by atoms with E-state index in [4.69, 9.17) is 5.26 Å². The first-order valence-electron chi connectivity index (χ1n) is 6.68. The monoisotopic (exact) mass is 235 g/mol. The van der Waals surface area contributed by atoms with Gasteiger partial charge in [-0.25, -0.2) is 0 Å². The highest BCUT2D eigenvalue weighted by Crippen LogP contribution is 2.23. The van der Waals surface area contributed by atoms with E-state index < -0.39 is 5.92 Å². The SMILES string of the molecule is CCCC(C#N)C(=O)N1CCN2CCCC2C1. The highest BCUT2D eigenvalue weighted by molar-refractivity contribution is 5.81. The Bertz CT molecular complexity index is 323. The number of piperazine rings is 1. The summed E-state index contributed by atoms with van der Waals surface area (Å²) < 4.78 is 0. The zero-order chi connectivity index (χ0) is 12.3. The maximum absolute atomic E-state index is 12.2. The Hall–Kier alpha value is -1.08. The molecule has 0 N–H and O–H groups in total. The summed E-state index contributed by atoms with van der Waals surface area (Å²) in [6, 6.07) is 2.70. The predicted octanol–water partition coefficient (Wildman–Crippen LogP) is 1.23. The highest BCUT2D eigenvalue weighted by Gasteiger charge is 2.34. The van der Waals surface area contributed by atoms with Gasteiger partial charge >= 0.3 is 0 Å². The molecule has 0 aliphatic carbocycles. The van der Waals surface area contributed by atoms with Gasteiger partial charge in [-0.3, -0.25) is 9.69 Å². The summed E-state index contributed by atoms with van der Waals surface area (Å²) in [5, 5.41) is 9.04. The van der Waals surface area contributed by atoms with Crippen LogP contribution in [-0.2, 0) is 4.79 Å². The van der Waals surface area contributed by atoms with Gasteiger partial charge in [0.05, 0.1) is 6.07 Å². The van der Waals surface area contributed by atoms with Gasteiger partial charge in [0.1, 0.15) is 5.92 Å². The Morgan fingerprint density at radius 3 is 3.00 bits per heavy atom. The summed E-state index contributed by atoms with van der Waals surface area (Å²) in [7, 11) is 0. The van der Waals surface area contributed by atoms with Crippen molar-refractivity contribution < 1.29 is 4.79 Å². The van der Waals surface area contributed by atoms with Crippen molar-refractivity contribution in [3.63, 3.8) is 0 Å². The van der Waals surface area contributed by atoms with Crippen molar-refractivity contribution in [2.75, 3.05) is 26.2 Å². The van der Waals surface area contributed by atoms with Gasteiger partial charge in [-0.1, -0.05) is 13.3 Å². The molecule has 2 atom stereocenters. The number of hydrogen-bond acceptors (Lipinski definition) is 3. The number of nitriles is 1. The fourth-order valence-electron chi connectivity index (χ4n) is 2.94. The van der Waals surface area contributed by atoms with Crippen LogP contribution in [0, 0.1) is 17.2 Å². The summed E-state index contributed by atoms with van der Waals surface area (Å²) in [5.74, 6) is -0.367. The number of carbonyl (C=O) groups excluding carboxylic acids is 1. The van der Waals surface area contributed by atoms with E-state index in [1.165, 1.54) is 19.4 Å². The lowest BCUT2D eigenvalue weighted by molar-refractivity contribution is -0.136. The Morgan fingerprint density at radius 2 is 2.29 bits per heavy atom. The largest absolute Gasteiger partial charge is 0.339 e. The van der Waals surface area contributed by atoms with Crippen LogP contribution < -0.4 is 0 Å². The molecule has 2 saturated heterocycles. The Balaban J connectivity index is 1.94. The van der Waals surface area contributed by atoms with Crippen LogP contribution in [0.1, 0.15) is 32.6 Å². The molecule has 94 valence electrons. The van der Waals surface area contributed by atoms with Crippen molar-refractivity contribution in [1.82, 2.24) is 9.80 Å². The van der Waals surface area contributed by atoms with Gasteiger partial charge in [0, 0.05) is 25.7 Å². The van der Waals surface area contributed by atoms with Crippen LogP contribution in [0.3, 0.4) is 0 Å². The number of fused-ring (bicyclic) bond motifs is 1. The lowest BCUT2D eigenvalue weighted by atomic mass is 10.0. The fraction of sp³-hybridized carbons (Fsp3) is 0.846. The Labute approximate surface area is 103 Å². The maximum atomic E-state index is 12.2. The van der Waals surface area contributed by atoms with E-state index in [0.717, 1.165) is 26.1 Å². The number of rotatable bonds is 3. The second-order valence-corrected chi connectivity index (χ2v) is 5.09. The van der Waals surface area contributed by atoms with Crippen molar-refractivity contribution in [2.45, 2.75) is 38.6 Å². The molecule has 0 radical (unpaired) electrons. The predicted molar refractivity (Wildman–Crippen MR) is 65.2 cm³/mol. The van der Waals surface area contributed by atoms with Crippen molar-refractivity contribution in [1.29, 1.82) is 5.26 Å². The third-order valence-corrected chi connectivity index (χ3v) is 3.93. The summed E-state index contributed by atoms with van der Waals surface area (Å²) in [5.41, 5.74) is 0. The third-order valence-electron chi connectivity index (χ3n) is 3.93. The van der Waals surface area contributed by atoms with E-state index in [1.807, 2.05) is 11.8 Å². The van der Waals surface area contributed by atoms with Crippen molar-refractivity contribution in [3.05, 3.63) is 0 Å². The summed E-state index contributed by atoms with van der Waals surface area (Å²) in [6.07, 6.45) is 4.05. The molecule has 0 bridgehead atoms. The second kappa shape index (κ2) is 5.50. The molecule has 4 heteroatoms. The average molecular weight is 235 g/mol. The Kier molecular flexibility index (Phi) is 4.01. The molecule has 1 amide bonds. The summed E-state index contributed by atoms with van der Waals surface area (Å²) in [4.78, 5) is 16.6. The molecule has 0 spiro atoms. The molecule has 17 heavy (non-hydrogen) atoms. The minimum absolute atomic E-state index is 0.0564. The molecular formula is C13H21N3O. The van der Waals surface area contributed by atoms with Crippen LogP contribution in [0.5, 0.6) is 0 Å². The maximum Gasteiger partial charge on any atom is 0.240 e. The van der Waals surface area contributed by atoms with Gasteiger partial charge in [0.2, 0.25) is 5.91 Å². The zero-order valence-corrected chi connectivity index (χ0v) is 10.6. The van der Waals surface area contributed by atoms with E-state index in [-0.39, 0.29) is 5.91 Å². The van der Waals surface area contributed by atoms with E-state index in [1.54, 1.807) is 0 Å². The van der Waals surface area contributed by atoms with Gasteiger partial charge in [0.25, 0.3) is 0 Å². The second-order valence-electron chi connectivity index (χ2n) is 5.09. The molecule has 0 aromatic rings. The molecule has 2 fully saturated rings. The first kappa shape index (κ1) is 12.4. The van der Waals surface area contributed by atoms with Crippen LogP contribution in [0.2, 0.25) is 0 Å². The molecule has 0 saturated carbocycles. The molecule has 4 nitrogen and oxygen atoms in total. The van der Waals surface area contributed by atoms with E-state index >= 15 is 0 Å². The summed E-state index contributed by atoms with van der Waals surface area (Å²) >= 11 is 0. The molecule has 2 heterocycles. The normalized spacial score (nSPS) is 26.4. The minimum Gasteiger partial charge on any atom is -0.339 e. The van der Waals surface area contributed by atoms with Crippen LogP contribution in [0.25, 0.3) is 0 Å². The third kappa shape index (κ3) is 2.61. The molecule has 2 aliphatic heterocycles. The Morgan fingerprint density at radius 1 is 1.47 bits per heavy atom. The lowest BCUT2D eigenvalue weighted by Gasteiger charge is -2.38. The first-order chi connectivity index (χ1) is 8.26.